The molecule has 5 nitrogen and oxygen atoms in total. The molecule has 0 unspecified atom stereocenters. The third-order valence-electron chi connectivity index (χ3n) is 4.52. The highest BCUT2D eigenvalue weighted by Crippen LogP contribution is 2.38. The fourth-order valence-electron chi connectivity index (χ4n) is 3.17. The van der Waals surface area contributed by atoms with Crippen molar-refractivity contribution in [3.8, 4) is 12.1 Å². The molecule has 6 heteroatoms. The van der Waals surface area contributed by atoms with E-state index in [1.54, 1.807) is 17.4 Å². The molecule has 4 rings (SSSR count). The van der Waals surface area contributed by atoms with Crippen LogP contribution in [0.3, 0.4) is 0 Å². The molecule has 1 aliphatic heterocycles. The number of nitrogens with zero attached hydrogens (tertiary/aromatic N) is 4. The number of aryl methyl sites for hydroxylation is 1. The van der Waals surface area contributed by atoms with Crippen molar-refractivity contribution in [1.29, 1.82) is 10.5 Å². The van der Waals surface area contributed by atoms with Crippen molar-refractivity contribution >= 4 is 28.8 Å². The van der Waals surface area contributed by atoms with E-state index in [9.17, 15) is 0 Å². The Hall–Kier alpha value is -3.61. The van der Waals surface area contributed by atoms with Gasteiger partial charge in [0.05, 0.1) is 16.3 Å². The Morgan fingerprint density at radius 1 is 1.18 bits per heavy atom. The van der Waals surface area contributed by atoms with E-state index in [0.717, 1.165) is 39.8 Å². The van der Waals surface area contributed by atoms with E-state index < -0.39 is 0 Å². The van der Waals surface area contributed by atoms with Crippen molar-refractivity contribution in [3.05, 3.63) is 81.4 Å². The van der Waals surface area contributed by atoms with Gasteiger partial charge in [-0.05, 0) is 54.3 Å². The molecule has 0 aliphatic carbocycles. The third-order valence-corrected chi connectivity index (χ3v) is 5.43. The van der Waals surface area contributed by atoms with E-state index in [4.69, 9.17) is 20.0 Å². The molecule has 3 heterocycles. The van der Waals surface area contributed by atoms with Gasteiger partial charge in [0.2, 0.25) is 0 Å². The predicted octanol–water partition coefficient (Wildman–Crippen LogP) is 5.44. The van der Waals surface area contributed by atoms with Gasteiger partial charge in [-0.1, -0.05) is 18.2 Å². The van der Waals surface area contributed by atoms with Crippen molar-refractivity contribution < 1.29 is 4.42 Å². The first-order valence-electron chi connectivity index (χ1n) is 8.77. The molecule has 0 fully saturated rings. The molecule has 0 bridgehead atoms. The molecule has 28 heavy (non-hydrogen) atoms. The Morgan fingerprint density at radius 2 is 1.96 bits per heavy atom. The maximum Gasteiger partial charge on any atom is 0.130 e. The second-order valence-electron chi connectivity index (χ2n) is 6.41. The number of hydrogen-bond donors (Lipinski definition) is 0. The summed E-state index contributed by atoms with van der Waals surface area (Å²) < 4.78 is 5.90. The minimum atomic E-state index is -0.0130. The van der Waals surface area contributed by atoms with E-state index in [1.165, 1.54) is 0 Å². The molecule has 0 spiro atoms. The molecule has 0 amide bonds. The molecule has 1 aliphatic rings. The van der Waals surface area contributed by atoms with Crippen molar-refractivity contribution in [2.45, 2.75) is 19.4 Å². The number of furan rings is 1. The van der Waals surface area contributed by atoms with Crippen molar-refractivity contribution in [2.75, 3.05) is 5.01 Å². The Balaban J connectivity index is 1.69. The summed E-state index contributed by atoms with van der Waals surface area (Å²) in [6.07, 6.45) is 2.34. The van der Waals surface area contributed by atoms with Crippen LogP contribution < -0.4 is 5.01 Å². The number of hydrogen-bond acceptors (Lipinski definition) is 6. The van der Waals surface area contributed by atoms with Gasteiger partial charge < -0.3 is 4.42 Å². The van der Waals surface area contributed by atoms with Crippen LogP contribution in [-0.2, 0) is 0 Å². The number of thiophene rings is 1. The monoisotopic (exact) mass is 384 g/mol. The van der Waals surface area contributed by atoms with E-state index >= 15 is 0 Å². The SMILES string of the molecule is Cc1ccc([C@H]2CC(c3cccs3)=NN2c2ccc(C=C(C#N)C#N)cc2)o1. The largest absolute Gasteiger partial charge is 0.464 e. The molecular formula is C22H16N4OS. The quantitative estimate of drug-likeness (QED) is 0.562. The fraction of sp³-hybridized carbons (Fsp3) is 0.136. The maximum atomic E-state index is 8.92. The number of allylic oxidation sites excluding steroid dienone is 1. The smallest absolute Gasteiger partial charge is 0.130 e. The third kappa shape index (κ3) is 3.46. The van der Waals surface area contributed by atoms with E-state index in [1.807, 2.05) is 66.5 Å². The number of nitriles is 2. The molecule has 136 valence electrons. The van der Waals surface area contributed by atoms with Crippen molar-refractivity contribution in [3.63, 3.8) is 0 Å². The second kappa shape index (κ2) is 7.56. The van der Waals surface area contributed by atoms with Crippen molar-refractivity contribution in [1.82, 2.24) is 0 Å². The van der Waals surface area contributed by atoms with Crippen LogP contribution in [0, 0.1) is 29.6 Å². The van der Waals surface area contributed by atoms with E-state index in [2.05, 4.69) is 11.4 Å². The molecular weight excluding hydrogens is 368 g/mol. The van der Waals surface area contributed by atoms with E-state index in [0.29, 0.717) is 0 Å². The summed E-state index contributed by atoms with van der Waals surface area (Å²) in [5.41, 5.74) is 2.84. The summed E-state index contributed by atoms with van der Waals surface area (Å²) in [7, 11) is 0. The first kappa shape index (κ1) is 17.8. The van der Waals surface area contributed by atoms with Crippen molar-refractivity contribution in [2.24, 2.45) is 5.10 Å². The zero-order valence-corrected chi connectivity index (χ0v) is 16.0. The van der Waals surface area contributed by atoms with Gasteiger partial charge in [-0.25, -0.2) is 0 Å². The van der Waals surface area contributed by atoms with Gasteiger partial charge in [0.15, 0.2) is 0 Å². The van der Waals surface area contributed by atoms with Crippen LogP contribution in [0.5, 0.6) is 0 Å². The lowest BCUT2D eigenvalue weighted by atomic mass is 10.1. The maximum absolute atomic E-state index is 8.92. The molecule has 3 aromatic rings. The highest BCUT2D eigenvalue weighted by Gasteiger charge is 2.32. The van der Waals surface area contributed by atoms with Crippen LogP contribution in [0.15, 0.2) is 69.0 Å². The first-order chi connectivity index (χ1) is 13.7. The molecule has 0 saturated carbocycles. The lowest BCUT2D eigenvalue weighted by Crippen LogP contribution is -2.17. The minimum absolute atomic E-state index is 0.0130. The summed E-state index contributed by atoms with van der Waals surface area (Å²) in [6, 6.07) is 19.5. The van der Waals surface area contributed by atoms with Gasteiger partial charge in [0.1, 0.15) is 35.3 Å². The summed E-state index contributed by atoms with van der Waals surface area (Å²) in [4.78, 5) is 1.16. The van der Waals surface area contributed by atoms with Crippen LogP contribution in [0.2, 0.25) is 0 Å². The predicted molar refractivity (Wildman–Crippen MR) is 110 cm³/mol. The average Bonchev–Trinajstić information content (AvgIpc) is 3.46. The zero-order chi connectivity index (χ0) is 19.5. The lowest BCUT2D eigenvalue weighted by Gasteiger charge is -2.22. The molecule has 0 saturated heterocycles. The molecule has 0 radical (unpaired) electrons. The van der Waals surface area contributed by atoms with Crippen LogP contribution >= 0.6 is 11.3 Å². The topological polar surface area (TPSA) is 76.3 Å². The Morgan fingerprint density at radius 3 is 2.57 bits per heavy atom. The fourth-order valence-corrected chi connectivity index (χ4v) is 3.89. The van der Waals surface area contributed by atoms with Gasteiger partial charge in [-0.3, -0.25) is 5.01 Å². The number of anilines is 1. The Labute approximate surface area is 167 Å². The van der Waals surface area contributed by atoms with Gasteiger partial charge in [0.25, 0.3) is 0 Å². The molecule has 2 aromatic heterocycles. The van der Waals surface area contributed by atoms with Crippen LogP contribution in [0.25, 0.3) is 6.08 Å². The Kier molecular flexibility index (Phi) is 4.80. The second-order valence-corrected chi connectivity index (χ2v) is 7.36. The van der Waals surface area contributed by atoms with E-state index in [-0.39, 0.29) is 11.6 Å². The highest BCUT2D eigenvalue weighted by molar-refractivity contribution is 7.12. The van der Waals surface area contributed by atoms with Crippen LogP contribution in [-0.4, -0.2) is 5.71 Å². The normalized spacial score (nSPS) is 15.6. The number of rotatable bonds is 4. The van der Waals surface area contributed by atoms with Gasteiger partial charge in [-0.15, -0.1) is 11.3 Å². The van der Waals surface area contributed by atoms with Gasteiger partial charge >= 0.3 is 0 Å². The Bertz CT molecular complexity index is 1110. The summed E-state index contributed by atoms with van der Waals surface area (Å²) in [5.74, 6) is 1.76. The lowest BCUT2D eigenvalue weighted by molar-refractivity contribution is 0.445. The summed E-state index contributed by atoms with van der Waals surface area (Å²) in [5, 5.41) is 26.7. The summed E-state index contributed by atoms with van der Waals surface area (Å²) >= 11 is 1.68. The molecule has 0 N–H and O–H groups in total. The van der Waals surface area contributed by atoms with Gasteiger partial charge in [-0.2, -0.15) is 15.6 Å². The summed E-state index contributed by atoms with van der Waals surface area (Å²) in [6.45, 7) is 1.94. The number of benzene rings is 1. The van der Waals surface area contributed by atoms with Crippen LogP contribution in [0.1, 0.15) is 34.4 Å². The molecule has 1 aromatic carbocycles. The standard InChI is InChI=1S/C22H16N4OS/c1-15-4-9-21(27-15)20-12-19(22-3-2-10-28-22)25-26(20)18-7-5-16(6-8-18)11-17(13-23)14-24/h2-11,20H,12H2,1H3/t20-/m1/s1. The zero-order valence-electron chi connectivity index (χ0n) is 15.2. The van der Waals surface area contributed by atoms with Gasteiger partial charge in [0, 0.05) is 6.42 Å². The van der Waals surface area contributed by atoms with Crippen LogP contribution in [0.4, 0.5) is 5.69 Å². The molecule has 1 atom stereocenters. The first-order valence-corrected chi connectivity index (χ1v) is 9.65. The highest BCUT2D eigenvalue weighted by atomic mass is 32.1. The average molecular weight is 384 g/mol. The minimum Gasteiger partial charge on any atom is -0.464 e. The number of hydrazone groups is 1.